The smallest absolute Gasteiger partial charge is 0.357 e. The van der Waals surface area contributed by atoms with Crippen LogP contribution in [0.5, 0.6) is 0 Å². The first kappa shape index (κ1) is 13.3. The van der Waals surface area contributed by atoms with Gasteiger partial charge in [0, 0.05) is 11.5 Å². The quantitative estimate of drug-likeness (QED) is 0.899. The van der Waals surface area contributed by atoms with Crippen LogP contribution < -0.4 is 5.32 Å². The summed E-state index contributed by atoms with van der Waals surface area (Å²) in [5.41, 5.74) is -0.722. The molecule has 0 saturated heterocycles. The highest BCUT2D eigenvalue weighted by molar-refractivity contribution is 9.10. The minimum absolute atomic E-state index is 0.0554. The van der Waals surface area contributed by atoms with Crippen molar-refractivity contribution in [2.24, 2.45) is 0 Å². The van der Waals surface area contributed by atoms with E-state index in [1.807, 2.05) is 0 Å². The van der Waals surface area contributed by atoms with Gasteiger partial charge in [0.05, 0.1) is 10.6 Å². The summed E-state index contributed by atoms with van der Waals surface area (Å²) in [4.78, 5) is 8.07. The van der Waals surface area contributed by atoms with Crippen LogP contribution >= 0.6 is 27.3 Å². The minimum Gasteiger partial charge on any atom is -0.357 e. The average Bonchev–Trinajstić information content (AvgIpc) is 2.73. The molecular formula is C10H7BrF3N3S. The average molecular weight is 338 g/mol. The van der Waals surface area contributed by atoms with Crippen molar-refractivity contribution < 1.29 is 13.2 Å². The van der Waals surface area contributed by atoms with E-state index in [0.717, 1.165) is 6.07 Å². The zero-order valence-corrected chi connectivity index (χ0v) is 11.4. The molecule has 0 unspecified atom stereocenters. The highest BCUT2D eigenvalue weighted by Crippen LogP contribution is 2.36. The van der Waals surface area contributed by atoms with Gasteiger partial charge in [-0.1, -0.05) is 0 Å². The van der Waals surface area contributed by atoms with E-state index in [1.165, 1.54) is 18.4 Å². The Morgan fingerprint density at radius 3 is 2.56 bits per heavy atom. The summed E-state index contributed by atoms with van der Waals surface area (Å²) in [6, 6.07) is 2.70. The lowest BCUT2D eigenvalue weighted by molar-refractivity contribution is -0.141. The summed E-state index contributed by atoms with van der Waals surface area (Å²) < 4.78 is 38.8. The summed E-state index contributed by atoms with van der Waals surface area (Å²) in [6.07, 6.45) is -4.49. The van der Waals surface area contributed by atoms with E-state index in [0.29, 0.717) is 9.35 Å². The van der Waals surface area contributed by atoms with Crippen molar-refractivity contribution in [2.75, 3.05) is 12.4 Å². The van der Waals surface area contributed by atoms with Gasteiger partial charge in [-0.3, -0.25) is 0 Å². The molecule has 96 valence electrons. The molecule has 2 aromatic rings. The summed E-state index contributed by atoms with van der Waals surface area (Å²) in [5, 5.41) is 4.30. The molecule has 0 radical (unpaired) electrons. The number of hydrogen-bond acceptors (Lipinski definition) is 4. The molecule has 0 aliphatic carbocycles. The zero-order chi connectivity index (χ0) is 13.3. The maximum atomic E-state index is 12.7. The van der Waals surface area contributed by atoms with E-state index in [4.69, 9.17) is 0 Å². The molecular weight excluding hydrogens is 331 g/mol. The van der Waals surface area contributed by atoms with Gasteiger partial charge in [-0.15, -0.1) is 11.3 Å². The van der Waals surface area contributed by atoms with E-state index in [9.17, 15) is 13.2 Å². The Morgan fingerprint density at radius 2 is 2.06 bits per heavy atom. The van der Waals surface area contributed by atoms with E-state index in [2.05, 4.69) is 31.2 Å². The molecule has 0 amide bonds. The Morgan fingerprint density at radius 1 is 1.33 bits per heavy atom. The Hall–Kier alpha value is -1.15. The number of aromatic nitrogens is 2. The van der Waals surface area contributed by atoms with Gasteiger partial charge in [0.15, 0.2) is 5.69 Å². The topological polar surface area (TPSA) is 37.8 Å². The van der Waals surface area contributed by atoms with Crippen LogP contribution in [0.4, 0.5) is 19.1 Å². The van der Waals surface area contributed by atoms with Crippen molar-refractivity contribution in [3.05, 3.63) is 27.7 Å². The van der Waals surface area contributed by atoms with Crippen LogP contribution in [-0.2, 0) is 6.18 Å². The van der Waals surface area contributed by atoms with Crippen molar-refractivity contribution >= 4 is 33.2 Å². The molecule has 0 aliphatic heterocycles. The summed E-state index contributed by atoms with van der Waals surface area (Å²) in [6.45, 7) is 0. The Kier molecular flexibility index (Phi) is 3.58. The van der Waals surface area contributed by atoms with Crippen LogP contribution in [-0.4, -0.2) is 17.0 Å². The Labute approximate surface area is 113 Å². The molecule has 2 rings (SSSR count). The molecule has 2 aromatic heterocycles. The van der Waals surface area contributed by atoms with Gasteiger partial charge in [0.1, 0.15) is 0 Å². The maximum absolute atomic E-state index is 12.7. The van der Waals surface area contributed by atoms with Crippen molar-refractivity contribution in [1.82, 2.24) is 9.97 Å². The van der Waals surface area contributed by atoms with Gasteiger partial charge in [0.2, 0.25) is 5.95 Å². The lowest BCUT2D eigenvalue weighted by Crippen LogP contribution is -2.11. The molecule has 0 spiro atoms. The normalized spacial score (nSPS) is 11.6. The second-order valence-electron chi connectivity index (χ2n) is 3.31. The molecule has 0 atom stereocenters. The third kappa shape index (κ3) is 2.64. The molecule has 0 saturated carbocycles. The fourth-order valence-electron chi connectivity index (χ4n) is 1.30. The number of nitrogens with one attached hydrogen (secondary N) is 1. The molecule has 0 bridgehead atoms. The molecule has 18 heavy (non-hydrogen) atoms. The van der Waals surface area contributed by atoms with Gasteiger partial charge in [0.25, 0.3) is 0 Å². The van der Waals surface area contributed by atoms with Crippen molar-refractivity contribution in [3.8, 4) is 10.6 Å². The molecule has 0 aromatic carbocycles. The van der Waals surface area contributed by atoms with Crippen LogP contribution in [0.3, 0.4) is 0 Å². The summed E-state index contributed by atoms with van der Waals surface area (Å²) in [5.74, 6) is -0.0554. The minimum atomic E-state index is -4.49. The summed E-state index contributed by atoms with van der Waals surface area (Å²) >= 11 is 4.58. The number of halogens is 4. The Balaban J connectivity index is 2.58. The number of thiophene rings is 1. The van der Waals surface area contributed by atoms with Gasteiger partial charge >= 0.3 is 6.18 Å². The molecule has 8 heteroatoms. The van der Waals surface area contributed by atoms with Crippen molar-refractivity contribution in [2.45, 2.75) is 6.18 Å². The van der Waals surface area contributed by atoms with Crippen molar-refractivity contribution in [3.63, 3.8) is 0 Å². The first-order valence-electron chi connectivity index (χ1n) is 4.79. The standard InChI is InChI=1S/C10H7BrF3N3S/c1-15-9-16-6(8-5(11)2-3-18-8)4-7(17-9)10(12,13)14/h2-4H,1H3,(H,15,16,17). The predicted octanol–water partition coefficient (Wildman–Crippen LogP) is 4.03. The zero-order valence-electron chi connectivity index (χ0n) is 9.05. The predicted molar refractivity (Wildman–Crippen MR) is 67.6 cm³/mol. The number of nitrogens with zero attached hydrogens (tertiary/aromatic N) is 2. The number of rotatable bonds is 2. The van der Waals surface area contributed by atoms with Gasteiger partial charge in [-0.2, -0.15) is 13.2 Å². The lowest BCUT2D eigenvalue weighted by Gasteiger charge is -2.09. The van der Waals surface area contributed by atoms with E-state index in [-0.39, 0.29) is 11.6 Å². The highest BCUT2D eigenvalue weighted by atomic mass is 79.9. The molecule has 0 aliphatic rings. The molecule has 3 nitrogen and oxygen atoms in total. The fourth-order valence-corrected chi connectivity index (χ4v) is 2.83. The monoisotopic (exact) mass is 337 g/mol. The number of hydrogen-bond donors (Lipinski definition) is 1. The highest BCUT2D eigenvalue weighted by Gasteiger charge is 2.34. The van der Waals surface area contributed by atoms with E-state index >= 15 is 0 Å². The van der Waals surface area contributed by atoms with Crippen LogP contribution in [0.15, 0.2) is 22.0 Å². The van der Waals surface area contributed by atoms with Crippen LogP contribution in [0.2, 0.25) is 0 Å². The van der Waals surface area contributed by atoms with Crippen LogP contribution in [0.25, 0.3) is 10.6 Å². The third-order valence-electron chi connectivity index (χ3n) is 2.09. The Bertz CT molecular complexity index is 568. The lowest BCUT2D eigenvalue weighted by atomic mass is 10.3. The SMILES string of the molecule is CNc1nc(-c2sccc2Br)cc(C(F)(F)F)n1. The second-order valence-corrected chi connectivity index (χ2v) is 5.08. The first-order valence-corrected chi connectivity index (χ1v) is 6.46. The van der Waals surface area contributed by atoms with Gasteiger partial charge in [-0.05, 0) is 33.4 Å². The summed E-state index contributed by atoms with van der Waals surface area (Å²) in [7, 11) is 1.47. The fraction of sp³-hybridized carbons (Fsp3) is 0.200. The van der Waals surface area contributed by atoms with Crippen LogP contribution in [0, 0.1) is 0 Å². The first-order chi connectivity index (χ1) is 8.41. The van der Waals surface area contributed by atoms with E-state index < -0.39 is 11.9 Å². The third-order valence-corrected chi connectivity index (χ3v) is 3.95. The maximum Gasteiger partial charge on any atom is 0.433 e. The molecule has 0 fully saturated rings. The largest absolute Gasteiger partial charge is 0.433 e. The number of anilines is 1. The van der Waals surface area contributed by atoms with Crippen LogP contribution in [0.1, 0.15) is 5.69 Å². The second kappa shape index (κ2) is 4.85. The number of alkyl halides is 3. The van der Waals surface area contributed by atoms with Gasteiger partial charge in [-0.25, -0.2) is 9.97 Å². The van der Waals surface area contributed by atoms with E-state index in [1.54, 1.807) is 11.4 Å². The molecule has 1 N–H and O–H groups in total. The molecule has 2 heterocycles. The van der Waals surface area contributed by atoms with Gasteiger partial charge < -0.3 is 5.32 Å². The van der Waals surface area contributed by atoms with Crippen molar-refractivity contribution in [1.29, 1.82) is 0 Å².